The molecule has 19 heavy (non-hydrogen) atoms. The van der Waals surface area contributed by atoms with Crippen LogP contribution in [0, 0.1) is 0 Å². The molecule has 0 saturated carbocycles. The number of amides is 1. The van der Waals surface area contributed by atoms with E-state index in [-0.39, 0.29) is 29.2 Å². The summed E-state index contributed by atoms with van der Waals surface area (Å²) in [7, 11) is 0. The molecule has 0 aromatic carbocycles. The maximum atomic E-state index is 12.0. The third-order valence-electron chi connectivity index (χ3n) is 3.64. The van der Waals surface area contributed by atoms with Gasteiger partial charge in [-0.15, -0.1) is 12.4 Å². The molecular weight excluding hydrogens is 288 g/mol. The number of halogens is 1. The van der Waals surface area contributed by atoms with Crippen LogP contribution < -0.4 is 10.6 Å². The van der Waals surface area contributed by atoms with Gasteiger partial charge in [0.1, 0.15) is 6.10 Å². The first-order chi connectivity index (χ1) is 8.76. The molecule has 0 aliphatic carbocycles. The second-order valence-electron chi connectivity index (χ2n) is 4.78. The van der Waals surface area contributed by atoms with Gasteiger partial charge in [0.2, 0.25) is 0 Å². The van der Waals surface area contributed by atoms with Gasteiger partial charge in [0.15, 0.2) is 0 Å². The molecule has 5 nitrogen and oxygen atoms in total. The van der Waals surface area contributed by atoms with Gasteiger partial charge in [-0.05, 0) is 19.1 Å². The van der Waals surface area contributed by atoms with Gasteiger partial charge in [0, 0.05) is 37.6 Å². The fourth-order valence-electron chi connectivity index (χ4n) is 2.29. The van der Waals surface area contributed by atoms with Gasteiger partial charge in [0.05, 0.1) is 6.61 Å². The van der Waals surface area contributed by atoms with Crippen LogP contribution in [0.2, 0.25) is 0 Å². The lowest BCUT2D eigenvalue weighted by molar-refractivity contribution is -0.134. The van der Waals surface area contributed by atoms with Crippen LogP contribution in [0.3, 0.4) is 0 Å². The van der Waals surface area contributed by atoms with Crippen LogP contribution in [0.15, 0.2) is 0 Å². The van der Waals surface area contributed by atoms with Gasteiger partial charge < -0.3 is 20.1 Å². The summed E-state index contributed by atoms with van der Waals surface area (Å²) in [4.78, 5) is 12.0. The number of carbonyl (C=O) groups excluding carboxylic acids is 1. The molecular formula is C12H23ClN2O3S. The van der Waals surface area contributed by atoms with E-state index in [2.05, 4.69) is 16.9 Å². The van der Waals surface area contributed by atoms with Gasteiger partial charge in [-0.2, -0.15) is 11.8 Å². The first-order valence-corrected chi connectivity index (χ1v) is 7.71. The Morgan fingerprint density at radius 1 is 1.42 bits per heavy atom. The van der Waals surface area contributed by atoms with E-state index in [0.29, 0.717) is 19.7 Å². The van der Waals surface area contributed by atoms with Crippen LogP contribution in [-0.2, 0) is 14.3 Å². The van der Waals surface area contributed by atoms with Gasteiger partial charge in [-0.3, -0.25) is 4.79 Å². The van der Waals surface area contributed by atoms with E-state index in [1.54, 1.807) is 0 Å². The normalized spacial score (nSPS) is 26.3. The summed E-state index contributed by atoms with van der Waals surface area (Å²) in [6, 6.07) is 0. The monoisotopic (exact) mass is 310 g/mol. The standard InChI is InChI=1S/C12H22N2O3S.ClH/c1-18-12(2-5-16-6-3-12)9-14-11(15)10-8-13-4-7-17-10;/h10,13H,2-9H2,1H3,(H,14,15);1H. The molecule has 2 N–H and O–H groups in total. The molecule has 2 fully saturated rings. The number of nitrogens with one attached hydrogen (secondary N) is 2. The molecule has 7 heteroatoms. The molecule has 0 aromatic rings. The van der Waals surface area contributed by atoms with Crippen molar-refractivity contribution in [2.75, 3.05) is 45.7 Å². The summed E-state index contributed by atoms with van der Waals surface area (Å²) in [5, 5.41) is 6.20. The van der Waals surface area contributed by atoms with Gasteiger partial charge in [-0.25, -0.2) is 0 Å². The number of thioether (sulfide) groups is 1. The van der Waals surface area contributed by atoms with E-state index in [4.69, 9.17) is 9.47 Å². The van der Waals surface area contributed by atoms with Crippen LogP contribution >= 0.6 is 24.2 Å². The Morgan fingerprint density at radius 3 is 2.74 bits per heavy atom. The van der Waals surface area contributed by atoms with Crippen LogP contribution in [0.1, 0.15) is 12.8 Å². The molecule has 0 bridgehead atoms. The number of hydrogen-bond acceptors (Lipinski definition) is 5. The molecule has 0 aromatic heterocycles. The van der Waals surface area contributed by atoms with Crippen molar-refractivity contribution in [3.8, 4) is 0 Å². The van der Waals surface area contributed by atoms with Crippen LogP contribution in [0.5, 0.6) is 0 Å². The Hall–Kier alpha value is -0.0100. The first kappa shape index (κ1) is 17.0. The Labute approximate surface area is 125 Å². The molecule has 1 unspecified atom stereocenters. The highest BCUT2D eigenvalue weighted by atomic mass is 35.5. The Morgan fingerprint density at radius 2 is 2.16 bits per heavy atom. The summed E-state index contributed by atoms with van der Waals surface area (Å²) >= 11 is 1.83. The molecule has 0 radical (unpaired) electrons. The number of rotatable bonds is 4. The van der Waals surface area contributed by atoms with Crippen molar-refractivity contribution in [3.05, 3.63) is 0 Å². The predicted octanol–water partition coefficient (Wildman–Crippen LogP) is 0.425. The highest BCUT2D eigenvalue weighted by Crippen LogP contribution is 2.32. The quantitative estimate of drug-likeness (QED) is 0.788. The highest BCUT2D eigenvalue weighted by Gasteiger charge is 2.33. The van der Waals surface area contributed by atoms with Gasteiger partial charge in [0.25, 0.3) is 5.91 Å². The van der Waals surface area contributed by atoms with Crippen LogP contribution in [0.4, 0.5) is 0 Å². The minimum atomic E-state index is -0.336. The number of hydrogen-bond donors (Lipinski definition) is 2. The zero-order chi connectivity index (χ0) is 12.8. The highest BCUT2D eigenvalue weighted by molar-refractivity contribution is 8.00. The zero-order valence-electron chi connectivity index (χ0n) is 11.3. The van der Waals surface area contributed by atoms with Crippen molar-refractivity contribution in [1.82, 2.24) is 10.6 Å². The summed E-state index contributed by atoms with van der Waals surface area (Å²) in [5.74, 6) is 0.00196. The first-order valence-electron chi connectivity index (χ1n) is 6.49. The molecule has 2 saturated heterocycles. The molecule has 2 rings (SSSR count). The van der Waals surface area contributed by atoms with Gasteiger partial charge in [-0.1, -0.05) is 0 Å². The maximum absolute atomic E-state index is 12.0. The summed E-state index contributed by atoms with van der Waals surface area (Å²) in [5.41, 5.74) is 0. The average molecular weight is 311 g/mol. The van der Waals surface area contributed by atoms with Crippen molar-refractivity contribution in [2.24, 2.45) is 0 Å². The van der Waals surface area contributed by atoms with E-state index < -0.39 is 0 Å². The van der Waals surface area contributed by atoms with Crippen LogP contribution in [0.25, 0.3) is 0 Å². The topological polar surface area (TPSA) is 59.6 Å². The number of morpholine rings is 1. The Balaban J connectivity index is 0.00000180. The maximum Gasteiger partial charge on any atom is 0.250 e. The molecule has 0 spiro atoms. The fraction of sp³-hybridized carbons (Fsp3) is 0.917. The van der Waals surface area contributed by atoms with Crippen molar-refractivity contribution in [2.45, 2.75) is 23.7 Å². The predicted molar refractivity (Wildman–Crippen MR) is 79.2 cm³/mol. The molecule has 112 valence electrons. The van der Waals surface area contributed by atoms with E-state index in [0.717, 1.165) is 32.6 Å². The minimum absolute atomic E-state index is 0. The SMILES string of the molecule is CSC1(CNC(=O)C2CNCCO2)CCOCC1.Cl. The third-order valence-corrected chi connectivity index (χ3v) is 5.06. The molecule has 1 atom stereocenters. The lowest BCUT2D eigenvalue weighted by Gasteiger charge is -2.36. The number of carbonyl (C=O) groups is 1. The minimum Gasteiger partial charge on any atom is -0.381 e. The van der Waals surface area contributed by atoms with Gasteiger partial charge >= 0.3 is 0 Å². The van der Waals surface area contributed by atoms with Crippen molar-refractivity contribution in [1.29, 1.82) is 0 Å². The van der Waals surface area contributed by atoms with Crippen molar-refractivity contribution < 1.29 is 14.3 Å². The summed E-state index contributed by atoms with van der Waals surface area (Å²) < 4.78 is 11.0. The molecule has 2 aliphatic heterocycles. The second kappa shape index (κ2) is 8.32. The van der Waals surface area contributed by atoms with E-state index >= 15 is 0 Å². The van der Waals surface area contributed by atoms with Crippen molar-refractivity contribution in [3.63, 3.8) is 0 Å². The van der Waals surface area contributed by atoms with Crippen LogP contribution in [-0.4, -0.2) is 62.5 Å². The third kappa shape index (κ3) is 4.79. The lowest BCUT2D eigenvalue weighted by Crippen LogP contribution is -2.51. The number of ether oxygens (including phenoxy) is 2. The largest absolute Gasteiger partial charge is 0.381 e. The Kier molecular flexibility index (Phi) is 7.46. The smallest absolute Gasteiger partial charge is 0.250 e. The summed E-state index contributed by atoms with van der Waals surface area (Å²) in [6.45, 7) is 4.34. The molecule has 2 aliphatic rings. The second-order valence-corrected chi connectivity index (χ2v) is 6.06. The van der Waals surface area contributed by atoms with E-state index in [1.807, 2.05) is 11.8 Å². The van der Waals surface area contributed by atoms with E-state index in [9.17, 15) is 4.79 Å². The molecule has 1 amide bonds. The Bertz CT molecular complexity index is 282. The fourth-order valence-corrected chi connectivity index (χ4v) is 3.08. The summed E-state index contributed by atoms with van der Waals surface area (Å²) in [6.07, 6.45) is 3.77. The van der Waals surface area contributed by atoms with Crippen molar-refractivity contribution >= 4 is 30.1 Å². The van der Waals surface area contributed by atoms with E-state index in [1.165, 1.54) is 0 Å². The lowest BCUT2D eigenvalue weighted by atomic mass is 9.99. The molecule has 2 heterocycles. The zero-order valence-corrected chi connectivity index (χ0v) is 12.9. The average Bonchev–Trinajstić information content (AvgIpc) is 2.47.